The summed E-state index contributed by atoms with van der Waals surface area (Å²) in [5.41, 5.74) is 7.14. The van der Waals surface area contributed by atoms with Crippen LogP contribution in [-0.2, 0) is 14.6 Å². The monoisotopic (exact) mass is 521 g/mol. The fraction of sp³-hybridized carbons (Fsp3) is 0.0303. The molecule has 186 valence electrons. The third kappa shape index (κ3) is 3.42. The summed E-state index contributed by atoms with van der Waals surface area (Å²) < 4.78 is 13.5. The molecular weight excluding hydrogens is 500 g/mol. The van der Waals surface area contributed by atoms with E-state index in [4.69, 9.17) is 15.0 Å². The maximum Gasteiger partial charge on any atom is 0.164 e. The summed E-state index contributed by atoms with van der Waals surface area (Å²) in [6.45, 7) is 0. The van der Waals surface area contributed by atoms with Crippen LogP contribution in [0.15, 0.2) is 126 Å². The van der Waals surface area contributed by atoms with E-state index in [1.54, 1.807) is 0 Å². The lowest BCUT2D eigenvalue weighted by Gasteiger charge is -2.40. The van der Waals surface area contributed by atoms with Crippen molar-refractivity contribution in [1.29, 1.82) is 0 Å². The normalized spacial score (nSPS) is 16.9. The summed E-state index contributed by atoms with van der Waals surface area (Å²) in [7, 11) is -1.20. The molecular formula is C33H21N4OS-. The Morgan fingerprint density at radius 2 is 1.26 bits per heavy atom. The van der Waals surface area contributed by atoms with Crippen molar-refractivity contribution in [2.75, 3.05) is 4.90 Å². The molecule has 6 heteroatoms. The van der Waals surface area contributed by atoms with E-state index in [9.17, 15) is 4.21 Å². The van der Waals surface area contributed by atoms with Gasteiger partial charge in [-0.1, -0.05) is 102 Å². The molecule has 1 atom stereocenters. The fourth-order valence-electron chi connectivity index (χ4n) is 5.65. The molecule has 1 unspecified atom stereocenters. The van der Waals surface area contributed by atoms with Gasteiger partial charge in [0.15, 0.2) is 17.5 Å². The highest BCUT2D eigenvalue weighted by Crippen LogP contribution is 2.50. The van der Waals surface area contributed by atoms with Crippen molar-refractivity contribution in [2.45, 2.75) is 10.9 Å². The summed E-state index contributed by atoms with van der Waals surface area (Å²) in [4.78, 5) is 18.8. The first-order valence-electron chi connectivity index (χ1n) is 12.8. The van der Waals surface area contributed by atoms with Crippen LogP contribution < -0.4 is 4.90 Å². The number of fused-ring (bicyclic) bond motifs is 5. The van der Waals surface area contributed by atoms with Gasteiger partial charge in [0.2, 0.25) is 0 Å². The topological polar surface area (TPSA) is 59.0 Å². The van der Waals surface area contributed by atoms with Gasteiger partial charge in [0.1, 0.15) is 0 Å². The first-order chi connectivity index (χ1) is 19.3. The molecule has 5 nitrogen and oxygen atoms in total. The lowest BCUT2D eigenvalue weighted by atomic mass is 9.94. The van der Waals surface area contributed by atoms with E-state index in [1.165, 1.54) is 0 Å². The van der Waals surface area contributed by atoms with Crippen LogP contribution in [0.4, 0.5) is 11.4 Å². The zero-order chi connectivity index (χ0) is 25.9. The van der Waals surface area contributed by atoms with E-state index in [0.717, 1.165) is 49.0 Å². The molecule has 0 saturated heterocycles. The van der Waals surface area contributed by atoms with Gasteiger partial charge in [0.25, 0.3) is 0 Å². The summed E-state index contributed by atoms with van der Waals surface area (Å²) in [6.07, 6.45) is 6.15. The average molecular weight is 522 g/mol. The van der Waals surface area contributed by atoms with Crippen molar-refractivity contribution in [3.05, 3.63) is 127 Å². The van der Waals surface area contributed by atoms with Crippen LogP contribution in [0.2, 0.25) is 0 Å². The molecule has 0 N–H and O–H groups in total. The van der Waals surface area contributed by atoms with Crippen molar-refractivity contribution in [2.24, 2.45) is 0 Å². The molecule has 0 radical (unpaired) electrons. The maximum atomic E-state index is 13.5. The van der Waals surface area contributed by atoms with Crippen LogP contribution in [0.5, 0.6) is 0 Å². The van der Waals surface area contributed by atoms with E-state index >= 15 is 0 Å². The Hall–Kier alpha value is -4.81. The summed E-state index contributed by atoms with van der Waals surface area (Å²) >= 11 is 0. The highest BCUT2D eigenvalue weighted by atomic mass is 32.2. The summed E-state index contributed by atoms with van der Waals surface area (Å²) in [6, 6.07) is 34.3. The second-order valence-electron chi connectivity index (χ2n) is 9.66. The molecule has 39 heavy (non-hydrogen) atoms. The smallest absolute Gasteiger partial charge is 0.164 e. The molecule has 3 heterocycles. The fourth-order valence-corrected chi connectivity index (χ4v) is 7.10. The number of hydrogen-bond acceptors (Lipinski definition) is 6. The van der Waals surface area contributed by atoms with Crippen LogP contribution in [0.3, 0.4) is 0 Å². The minimum absolute atomic E-state index is 0.0749. The highest BCUT2D eigenvalue weighted by molar-refractivity contribution is 7.85. The van der Waals surface area contributed by atoms with E-state index < -0.39 is 10.4 Å². The first kappa shape index (κ1) is 22.2. The van der Waals surface area contributed by atoms with Crippen molar-refractivity contribution in [3.8, 4) is 34.2 Å². The van der Waals surface area contributed by atoms with Crippen LogP contribution in [0.1, 0.15) is 5.56 Å². The number of rotatable bonds is 3. The molecule has 8 rings (SSSR count). The van der Waals surface area contributed by atoms with Crippen LogP contribution >= 0.6 is 0 Å². The Bertz CT molecular complexity index is 1880. The van der Waals surface area contributed by atoms with Gasteiger partial charge >= 0.3 is 0 Å². The number of hydrogen-bond donors (Lipinski definition) is 0. The van der Waals surface area contributed by atoms with Gasteiger partial charge in [-0.2, -0.15) is 0 Å². The third-order valence-corrected chi connectivity index (χ3v) is 8.95. The molecule has 4 aromatic carbocycles. The molecule has 0 fully saturated rings. The van der Waals surface area contributed by atoms with Gasteiger partial charge in [0.05, 0.1) is 6.04 Å². The first-order valence-corrected chi connectivity index (χ1v) is 14.0. The van der Waals surface area contributed by atoms with E-state index in [0.29, 0.717) is 17.5 Å². The van der Waals surface area contributed by atoms with Crippen molar-refractivity contribution in [1.82, 2.24) is 15.0 Å². The zero-order valence-electron chi connectivity index (χ0n) is 20.7. The minimum atomic E-state index is -1.20. The van der Waals surface area contributed by atoms with Gasteiger partial charge in [-0.3, -0.25) is 0 Å². The number of para-hydroxylation sites is 1. The molecule has 0 bridgehead atoms. The summed E-state index contributed by atoms with van der Waals surface area (Å²) in [5, 5.41) is 0. The second kappa shape index (κ2) is 8.61. The van der Waals surface area contributed by atoms with Crippen LogP contribution in [0.25, 0.3) is 39.7 Å². The quantitative estimate of drug-likeness (QED) is 0.192. The number of allylic oxidation sites excluding steroid dienone is 2. The van der Waals surface area contributed by atoms with E-state index in [-0.39, 0.29) is 6.04 Å². The van der Waals surface area contributed by atoms with Crippen molar-refractivity contribution >= 4 is 32.2 Å². The van der Waals surface area contributed by atoms with Crippen LogP contribution in [-0.4, -0.2) is 25.9 Å². The van der Waals surface area contributed by atoms with Crippen molar-refractivity contribution in [3.63, 3.8) is 0 Å². The van der Waals surface area contributed by atoms with Crippen LogP contribution in [0, 0.1) is 0 Å². The minimum Gasteiger partial charge on any atom is -0.457 e. The van der Waals surface area contributed by atoms with Gasteiger partial charge in [-0.25, -0.2) is 25.3 Å². The lowest BCUT2D eigenvalue weighted by Crippen LogP contribution is -2.39. The number of aromatic nitrogens is 3. The van der Waals surface area contributed by atoms with Gasteiger partial charge in [-0.15, -0.1) is 4.86 Å². The Kier molecular flexibility index (Phi) is 4.90. The molecule has 0 spiro atoms. The highest BCUT2D eigenvalue weighted by Gasteiger charge is 2.38. The predicted octanol–water partition coefficient (Wildman–Crippen LogP) is 6.85. The third-order valence-electron chi connectivity index (χ3n) is 7.42. The molecule has 5 aromatic rings. The molecule has 1 aromatic heterocycles. The second-order valence-corrected chi connectivity index (χ2v) is 11.1. The Morgan fingerprint density at radius 3 is 1.95 bits per heavy atom. The number of anilines is 2. The maximum absolute atomic E-state index is 13.5. The zero-order valence-corrected chi connectivity index (χ0v) is 21.5. The Labute approximate surface area is 227 Å². The molecule has 0 saturated carbocycles. The molecule has 3 aliphatic rings. The molecule has 1 aliphatic carbocycles. The Morgan fingerprint density at radius 1 is 0.641 bits per heavy atom. The predicted molar refractivity (Wildman–Crippen MR) is 157 cm³/mol. The van der Waals surface area contributed by atoms with Gasteiger partial charge in [-0.05, 0) is 29.8 Å². The van der Waals surface area contributed by atoms with E-state index in [2.05, 4.69) is 35.2 Å². The Balaban J connectivity index is 1.32. The van der Waals surface area contributed by atoms with Crippen molar-refractivity contribution < 1.29 is 4.21 Å². The standard InChI is InChI=1S/C33H21N4OS/c38-39-28-16-8-7-15-27(28)37-26-19-18-23(20-25(26)24-14-9-17-29(39)30(24)37)33-35-31(21-10-3-1-4-11-21)34-32(36-33)22-12-5-2-6-13-22/h1-20,30H/q-1. The van der Waals surface area contributed by atoms with Gasteiger partial charge in [0, 0.05) is 33.6 Å². The summed E-state index contributed by atoms with van der Waals surface area (Å²) in [5.74, 6) is 1.89. The molecule has 0 amide bonds. The number of benzene rings is 4. The number of nitrogens with zero attached hydrogens (tertiary/aromatic N) is 4. The average Bonchev–Trinajstić information content (AvgIpc) is 3.35. The SMILES string of the molecule is O=[S-]1=C2C=CC=C3c4cc(-c5nc(-c6ccccc6)nc(-c6ccccc6)n5)ccc4N(c4ccccc41)C32. The van der Waals surface area contributed by atoms with Gasteiger partial charge < -0.3 is 9.11 Å². The largest absolute Gasteiger partial charge is 0.457 e. The lowest BCUT2D eigenvalue weighted by molar-refractivity contribution is 0.602. The van der Waals surface area contributed by atoms with E-state index in [1.807, 2.05) is 91.0 Å². The molecule has 2 aliphatic heterocycles.